The summed E-state index contributed by atoms with van der Waals surface area (Å²) in [6.45, 7) is 1.46. The van der Waals surface area contributed by atoms with Crippen LogP contribution in [0.2, 0.25) is 0 Å². The summed E-state index contributed by atoms with van der Waals surface area (Å²) in [4.78, 5) is 24.7. The molecule has 1 unspecified atom stereocenters. The van der Waals surface area contributed by atoms with Gasteiger partial charge in [0, 0.05) is 7.05 Å². The summed E-state index contributed by atoms with van der Waals surface area (Å²) in [5, 5.41) is 0. The number of hydrogen-bond acceptors (Lipinski definition) is 2. The van der Waals surface area contributed by atoms with Gasteiger partial charge in [-0.05, 0) is 37.3 Å². The average molecular weight is 245 g/mol. The Balaban J connectivity index is 2.19. The largest absolute Gasteiger partial charge is 0.338 e. The molecule has 2 rings (SSSR count). The maximum Gasteiger partial charge on any atom is 0.230 e. The third-order valence-corrected chi connectivity index (χ3v) is 3.60. The summed E-state index contributed by atoms with van der Waals surface area (Å²) in [5.41, 5.74) is 2.57. The van der Waals surface area contributed by atoms with Crippen molar-refractivity contribution in [2.45, 2.75) is 38.6 Å². The lowest BCUT2D eigenvalue weighted by atomic mass is 9.87. The van der Waals surface area contributed by atoms with Crippen molar-refractivity contribution in [2.75, 3.05) is 7.05 Å². The average Bonchev–Trinajstić information content (AvgIpc) is 2.36. The predicted octanol–water partition coefficient (Wildman–Crippen LogP) is 2.50. The normalized spacial score (nSPS) is 18.0. The second-order valence-electron chi connectivity index (χ2n) is 4.99. The van der Waals surface area contributed by atoms with Crippen molar-refractivity contribution in [2.24, 2.45) is 0 Å². The minimum Gasteiger partial charge on any atom is -0.338 e. The van der Waals surface area contributed by atoms with Crippen molar-refractivity contribution < 1.29 is 9.59 Å². The fourth-order valence-corrected chi connectivity index (χ4v) is 2.64. The van der Waals surface area contributed by atoms with Crippen LogP contribution in [0.4, 0.5) is 0 Å². The topological polar surface area (TPSA) is 37.4 Å². The molecule has 0 heterocycles. The van der Waals surface area contributed by atoms with E-state index in [1.807, 2.05) is 12.1 Å². The first-order chi connectivity index (χ1) is 8.59. The van der Waals surface area contributed by atoms with E-state index in [0.717, 1.165) is 19.3 Å². The number of Topliss-reactive ketones (excluding diaryl/α,β-unsaturated/α-hetero) is 1. The Bertz CT molecular complexity index is 467. The van der Waals surface area contributed by atoms with E-state index in [4.69, 9.17) is 0 Å². The molecule has 0 aliphatic heterocycles. The molecule has 0 fully saturated rings. The molecule has 3 heteroatoms. The Morgan fingerprint density at radius 2 is 2.06 bits per heavy atom. The number of carbonyl (C=O) groups excluding carboxylic acids is 2. The Morgan fingerprint density at radius 1 is 1.33 bits per heavy atom. The molecule has 0 saturated heterocycles. The highest BCUT2D eigenvalue weighted by Gasteiger charge is 2.26. The number of benzene rings is 1. The maximum atomic E-state index is 12.0. The van der Waals surface area contributed by atoms with E-state index in [0.29, 0.717) is 0 Å². The summed E-state index contributed by atoms with van der Waals surface area (Å²) in [7, 11) is 1.80. The minimum absolute atomic E-state index is 0.00909. The third kappa shape index (κ3) is 2.61. The zero-order chi connectivity index (χ0) is 13.1. The van der Waals surface area contributed by atoms with Gasteiger partial charge in [0.1, 0.15) is 5.78 Å². The van der Waals surface area contributed by atoms with E-state index in [9.17, 15) is 9.59 Å². The lowest BCUT2D eigenvalue weighted by molar-refractivity contribution is -0.135. The van der Waals surface area contributed by atoms with Crippen molar-refractivity contribution in [3.05, 3.63) is 35.4 Å². The highest BCUT2D eigenvalue weighted by atomic mass is 16.2. The van der Waals surface area contributed by atoms with Crippen molar-refractivity contribution in [1.82, 2.24) is 4.90 Å². The number of amides is 1. The quantitative estimate of drug-likeness (QED) is 0.767. The molecule has 1 aromatic carbocycles. The van der Waals surface area contributed by atoms with Crippen molar-refractivity contribution in [3.63, 3.8) is 0 Å². The van der Waals surface area contributed by atoms with Crippen molar-refractivity contribution in [1.29, 1.82) is 0 Å². The molecular formula is C15H19NO2. The first kappa shape index (κ1) is 12.8. The zero-order valence-electron chi connectivity index (χ0n) is 11.0. The van der Waals surface area contributed by atoms with Gasteiger partial charge in [0.05, 0.1) is 12.5 Å². The number of fused-ring (bicyclic) bond motifs is 1. The fraction of sp³-hybridized carbons (Fsp3) is 0.467. The second kappa shape index (κ2) is 5.34. The van der Waals surface area contributed by atoms with Crippen LogP contribution >= 0.6 is 0 Å². The first-order valence-corrected chi connectivity index (χ1v) is 6.42. The molecule has 1 aromatic rings. The van der Waals surface area contributed by atoms with E-state index in [1.54, 1.807) is 11.9 Å². The van der Waals surface area contributed by atoms with Gasteiger partial charge in [0.25, 0.3) is 0 Å². The summed E-state index contributed by atoms with van der Waals surface area (Å²) < 4.78 is 0. The predicted molar refractivity (Wildman–Crippen MR) is 70.2 cm³/mol. The van der Waals surface area contributed by atoms with Crippen LogP contribution in [0.15, 0.2) is 24.3 Å². The monoisotopic (exact) mass is 245 g/mol. The van der Waals surface area contributed by atoms with Gasteiger partial charge in [-0.2, -0.15) is 0 Å². The Hall–Kier alpha value is -1.64. The smallest absolute Gasteiger partial charge is 0.230 e. The highest BCUT2D eigenvalue weighted by molar-refractivity contribution is 5.96. The van der Waals surface area contributed by atoms with Crippen LogP contribution < -0.4 is 0 Å². The lowest BCUT2D eigenvalue weighted by Gasteiger charge is -2.33. The van der Waals surface area contributed by atoms with E-state index < -0.39 is 0 Å². The fourth-order valence-electron chi connectivity index (χ4n) is 2.64. The number of hydrogen-bond donors (Lipinski definition) is 0. The number of rotatable bonds is 3. The second-order valence-corrected chi connectivity index (χ2v) is 4.99. The van der Waals surface area contributed by atoms with Gasteiger partial charge < -0.3 is 4.90 Å². The molecule has 18 heavy (non-hydrogen) atoms. The van der Waals surface area contributed by atoms with Gasteiger partial charge in [-0.3, -0.25) is 9.59 Å². The van der Waals surface area contributed by atoms with Gasteiger partial charge in [0.2, 0.25) is 5.91 Å². The standard InChI is InChI=1S/C15H19NO2/c1-11(17)10-15(18)16(2)14-9-5-7-12-6-3-4-8-13(12)14/h3-4,6,8,14H,5,7,9-10H2,1-2H3. The molecule has 0 bridgehead atoms. The summed E-state index contributed by atoms with van der Waals surface area (Å²) in [6.07, 6.45) is 3.17. The molecule has 1 aliphatic rings. The van der Waals surface area contributed by atoms with Crippen LogP contribution in [0.3, 0.4) is 0 Å². The van der Waals surface area contributed by atoms with Crippen LogP contribution in [-0.2, 0) is 16.0 Å². The van der Waals surface area contributed by atoms with Crippen molar-refractivity contribution >= 4 is 11.7 Å². The molecule has 1 amide bonds. The number of aryl methyl sites for hydroxylation is 1. The van der Waals surface area contributed by atoms with Crippen LogP contribution in [-0.4, -0.2) is 23.6 Å². The molecule has 0 saturated carbocycles. The molecule has 0 spiro atoms. The molecule has 1 aliphatic carbocycles. The van der Waals surface area contributed by atoms with E-state index in [2.05, 4.69) is 12.1 Å². The summed E-state index contributed by atoms with van der Waals surface area (Å²) in [5.74, 6) is -0.153. The van der Waals surface area contributed by atoms with Gasteiger partial charge in [-0.15, -0.1) is 0 Å². The molecular weight excluding hydrogens is 226 g/mol. The number of carbonyl (C=O) groups is 2. The van der Waals surface area contributed by atoms with E-state index >= 15 is 0 Å². The molecule has 0 radical (unpaired) electrons. The van der Waals surface area contributed by atoms with E-state index in [1.165, 1.54) is 18.1 Å². The third-order valence-electron chi connectivity index (χ3n) is 3.60. The van der Waals surface area contributed by atoms with Gasteiger partial charge in [-0.25, -0.2) is 0 Å². The Kier molecular flexibility index (Phi) is 3.80. The molecule has 3 nitrogen and oxygen atoms in total. The molecule has 0 N–H and O–H groups in total. The molecule has 0 aromatic heterocycles. The first-order valence-electron chi connectivity index (χ1n) is 6.42. The Labute approximate surface area is 108 Å². The zero-order valence-corrected chi connectivity index (χ0v) is 11.0. The lowest BCUT2D eigenvalue weighted by Crippen LogP contribution is -2.34. The summed E-state index contributed by atoms with van der Waals surface area (Å²) >= 11 is 0. The highest BCUT2D eigenvalue weighted by Crippen LogP contribution is 2.33. The number of ketones is 1. The van der Waals surface area contributed by atoms with Crippen LogP contribution in [0.25, 0.3) is 0 Å². The SMILES string of the molecule is CC(=O)CC(=O)N(C)C1CCCc2ccccc21. The van der Waals surface area contributed by atoms with Gasteiger partial charge in [-0.1, -0.05) is 24.3 Å². The van der Waals surface area contributed by atoms with Crippen LogP contribution in [0.5, 0.6) is 0 Å². The minimum atomic E-state index is -0.0794. The maximum absolute atomic E-state index is 12.0. The van der Waals surface area contributed by atoms with Gasteiger partial charge in [0.15, 0.2) is 0 Å². The Morgan fingerprint density at radius 3 is 2.78 bits per heavy atom. The van der Waals surface area contributed by atoms with Crippen LogP contribution in [0.1, 0.15) is 43.4 Å². The summed E-state index contributed by atoms with van der Waals surface area (Å²) in [6, 6.07) is 8.40. The van der Waals surface area contributed by atoms with E-state index in [-0.39, 0.29) is 24.2 Å². The number of nitrogens with zero attached hydrogens (tertiary/aromatic N) is 1. The molecule has 1 atom stereocenters. The van der Waals surface area contributed by atoms with Crippen LogP contribution in [0, 0.1) is 0 Å². The van der Waals surface area contributed by atoms with Crippen molar-refractivity contribution in [3.8, 4) is 0 Å². The molecule has 96 valence electrons. The van der Waals surface area contributed by atoms with Gasteiger partial charge >= 0.3 is 0 Å².